The maximum Gasteiger partial charge on any atom is 0.148 e. The minimum atomic E-state index is -0.482. The number of anilines is 3. The molecule has 0 bridgehead atoms. The standard InChI is InChI=1S/C13H9ClFN3/c14-9-4-5-11(10(15)6-9)18-12-3-1-2-8(7-16)13(12)17/h1-6,18H,17H2. The van der Waals surface area contributed by atoms with Gasteiger partial charge in [0.25, 0.3) is 0 Å². The molecule has 0 fully saturated rings. The predicted octanol–water partition coefficient (Wildman–Crippen LogP) is 3.68. The lowest BCUT2D eigenvalue weighted by Crippen LogP contribution is -2.00. The molecule has 2 rings (SSSR count). The third-order valence-corrected chi connectivity index (χ3v) is 2.66. The smallest absolute Gasteiger partial charge is 0.148 e. The van der Waals surface area contributed by atoms with Crippen LogP contribution in [0.25, 0.3) is 0 Å². The largest absolute Gasteiger partial charge is 0.396 e. The van der Waals surface area contributed by atoms with Crippen molar-refractivity contribution in [2.75, 3.05) is 11.1 Å². The van der Waals surface area contributed by atoms with Gasteiger partial charge in [-0.1, -0.05) is 17.7 Å². The predicted molar refractivity (Wildman–Crippen MR) is 70.3 cm³/mol. The molecule has 0 unspecified atom stereocenters. The average molecular weight is 262 g/mol. The van der Waals surface area contributed by atoms with Gasteiger partial charge in [-0.25, -0.2) is 4.39 Å². The minimum absolute atomic E-state index is 0.251. The summed E-state index contributed by atoms with van der Waals surface area (Å²) >= 11 is 5.66. The molecule has 0 heterocycles. The molecule has 18 heavy (non-hydrogen) atoms. The van der Waals surface area contributed by atoms with Crippen LogP contribution in [0.2, 0.25) is 5.02 Å². The van der Waals surface area contributed by atoms with E-state index in [1.165, 1.54) is 12.1 Å². The minimum Gasteiger partial charge on any atom is -0.396 e. The lowest BCUT2D eigenvalue weighted by Gasteiger charge is -2.11. The Kier molecular flexibility index (Phi) is 3.35. The third-order valence-electron chi connectivity index (χ3n) is 2.43. The fourth-order valence-electron chi connectivity index (χ4n) is 1.51. The molecule has 3 N–H and O–H groups in total. The molecule has 0 radical (unpaired) electrons. The van der Waals surface area contributed by atoms with Crippen molar-refractivity contribution in [2.45, 2.75) is 0 Å². The Morgan fingerprint density at radius 3 is 2.67 bits per heavy atom. The number of benzene rings is 2. The van der Waals surface area contributed by atoms with Crippen LogP contribution < -0.4 is 11.1 Å². The van der Waals surface area contributed by atoms with Crippen molar-refractivity contribution in [2.24, 2.45) is 0 Å². The number of rotatable bonds is 2. The molecule has 3 nitrogen and oxygen atoms in total. The van der Waals surface area contributed by atoms with Crippen LogP contribution in [0, 0.1) is 17.1 Å². The van der Waals surface area contributed by atoms with Crippen LogP contribution in [0.3, 0.4) is 0 Å². The first-order valence-corrected chi connectivity index (χ1v) is 5.50. The Hall–Kier alpha value is -2.25. The van der Waals surface area contributed by atoms with Crippen LogP contribution in [0.15, 0.2) is 36.4 Å². The number of nitriles is 1. The van der Waals surface area contributed by atoms with Crippen molar-refractivity contribution in [3.63, 3.8) is 0 Å². The highest BCUT2D eigenvalue weighted by Gasteiger charge is 2.07. The van der Waals surface area contributed by atoms with Gasteiger partial charge in [0.05, 0.1) is 22.6 Å². The van der Waals surface area contributed by atoms with Crippen molar-refractivity contribution >= 4 is 28.7 Å². The van der Waals surface area contributed by atoms with Gasteiger partial charge in [0.2, 0.25) is 0 Å². The summed E-state index contributed by atoms with van der Waals surface area (Å²) in [6.45, 7) is 0. The maximum atomic E-state index is 13.6. The summed E-state index contributed by atoms with van der Waals surface area (Å²) in [4.78, 5) is 0. The van der Waals surface area contributed by atoms with E-state index in [0.29, 0.717) is 16.3 Å². The van der Waals surface area contributed by atoms with Crippen LogP contribution in [-0.2, 0) is 0 Å². The molecule has 2 aromatic rings. The van der Waals surface area contributed by atoms with E-state index < -0.39 is 5.82 Å². The first-order valence-electron chi connectivity index (χ1n) is 5.12. The second-order valence-electron chi connectivity index (χ2n) is 3.63. The third kappa shape index (κ3) is 2.36. The highest BCUT2D eigenvalue weighted by molar-refractivity contribution is 6.30. The molecule has 0 atom stereocenters. The number of hydrogen-bond donors (Lipinski definition) is 2. The summed E-state index contributed by atoms with van der Waals surface area (Å²) in [5.41, 5.74) is 7.15. The van der Waals surface area contributed by atoms with E-state index in [1.54, 1.807) is 24.3 Å². The van der Waals surface area contributed by atoms with Crippen LogP contribution in [0.5, 0.6) is 0 Å². The van der Waals surface area contributed by atoms with Crippen molar-refractivity contribution in [3.8, 4) is 6.07 Å². The highest BCUT2D eigenvalue weighted by Crippen LogP contribution is 2.28. The maximum absolute atomic E-state index is 13.6. The van der Waals surface area contributed by atoms with Crippen LogP contribution in [0.4, 0.5) is 21.5 Å². The summed E-state index contributed by atoms with van der Waals surface area (Å²) < 4.78 is 13.6. The van der Waals surface area contributed by atoms with Gasteiger partial charge < -0.3 is 11.1 Å². The van der Waals surface area contributed by atoms with Crippen molar-refractivity contribution in [3.05, 3.63) is 52.8 Å². The molecule has 0 saturated carbocycles. The van der Waals surface area contributed by atoms with Crippen molar-refractivity contribution in [1.82, 2.24) is 0 Å². The molecule has 0 amide bonds. The number of halogens is 2. The van der Waals surface area contributed by atoms with E-state index in [9.17, 15) is 4.39 Å². The van der Waals surface area contributed by atoms with E-state index in [4.69, 9.17) is 22.6 Å². The second kappa shape index (κ2) is 4.94. The monoisotopic (exact) mass is 261 g/mol. The topological polar surface area (TPSA) is 61.8 Å². The number of nitrogens with two attached hydrogens (primary N) is 1. The Labute approximate surface area is 109 Å². The SMILES string of the molecule is N#Cc1cccc(Nc2ccc(Cl)cc2F)c1N. The molecule has 0 aliphatic rings. The summed E-state index contributed by atoms with van der Waals surface area (Å²) in [5, 5.41) is 12.0. The van der Waals surface area contributed by atoms with Gasteiger partial charge in [-0.05, 0) is 30.3 Å². The van der Waals surface area contributed by atoms with E-state index in [-0.39, 0.29) is 11.4 Å². The zero-order valence-electron chi connectivity index (χ0n) is 9.24. The fourth-order valence-corrected chi connectivity index (χ4v) is 1.67. The van der Waals surface area contributed by atoms with Gasteiger partial charge in [0.15, 0.2) is 0 Å². The quantitative estimate of drug-likeness (QED) is 0.811. The summed E-state index contributed by atoms with van der Waals surface area (Å²) in [6, 6.07) is 11.2. The molecule has 2 aromatic carbocycles. The molecule has 5 heteroatoms. The fraction of sp³-hybridized carbons (Fsp3) is 0. The van der Waals surface area contributed by atoms with Gasteiger partial charge in [-0.15, -0.1) is 0 Å². The zero-order valence-corrected chi connectivity index (χ0v) is 10.0. The Morgan fingerprint density at radius 1 is 1.22 bits per heavy atom. The molecular weight excluding hydrogens is 253 g/mol. The highest BCUT2D eigenvalue weighted by atomic mass is 35.5. The number of nitrogen functional groups attached to an aromatic ring is 1. The number of para-hydroxylation sites is 1. The molecule has 0 aliphatic heterocycles. The van der Waals surface area contributed by atoms with Gasteiger partial charge in [-0.3, -0.25) is 0 Å². The summed E-state index contributed by atoms with van der Waals surface area (Å²) in [6.07, 6.45) is 0. The lowest BCUT2D eigenvalue weighted by molar-refractivity contribution is 0.632. The van der Waals surface area contributed by atoms with E-state index in [2.05, 4.69) is 5.32 Å². The number of nitrogens with one attached hydrogen (secondary N) is 1. The summed E-state index contributed by atoms with van der Waals surface area (Å²) in [7, 11) is 0. The molecule has 0 spiro atoms. The molecule has 0 aromatic heterocycles. The normalized spacial score (nSPS) is 9.83. The van der Waals surface area contributed by atoms with E-state index >= 15 is 0 Å². The Morgan fingerprint density at radius 2 is 2.00 bits per heavy atom. The first kappa shape index (κ1) is 12.2. The van der Waals surface area contributed by atoms with Gasteiger partial charge >= 0.3 is 0 Å². The zero-order chi connectivity index (χ0) is 13.1. The van der Waals surface area contributed by atoms with E-state index in [1.807, 2.05) is 6.07 Å². The summed E-state index contributed by atoms with van der Waals surface area (Å²) in [5.74, 6) is -0.482. The lowest BCUT2D eigenvalue weighted by atomic mass is 10.1. The van der Waals surface area contributed by atoms with Crippen LogP contribution >= 0.6 is 11.6 Å². The van der Waals surface area contributed by atoms with E-state index in [0.717, 1.165) is 0 Å². The molecule has 0 saturated heterocycles. The van der Waals surface area contributed by atoms with Crippen LogP contribution in [-0.4, -0.2) is 0 Å². The molecular formula is C13H9ClFN3. The Bertz CT molecular complexity index is 635. The van der Waals surface area contributed by atoms with Crippen molar-refractivity contribution in [1.29, 1.82) is 5.26 Å². The Balaban J connectivity index is 2.38. The van der Waals surface area contributed by atoms with Gasteiger partial charge in [0, 0.05) is 5.02 Å². The first-order chi connectivity index (χ1) is 8.61. The van der Waals surface area contributed by atoms with Crippen LogP contribution in [0.1, 0.15) is 5.56 Å². The van der Waals surface area contributed by atoms with Gasteiger partial charge in [0.1, 0.15) is 11.9 Å². The number of hydrogen-bond acceptors (Lipinski definition) is 3. The molecule has 0 aliphatic carbocycles. The van der Waals surface area contributed by atoms with Crippen molar-refractivity contribution < 1.29 is 4.39 Å². The number of nitrogens with zero attached hydrogens (tertiary/aromatic N) is 1. The second-order valence-corrected chi connectivity index (χ2v) is 4.06. The van der Waals surface area contributed by atoms with Gasteiger partial charge in [-0.2, -0.15) is 5.26 Å². The molecule has 90 valence electrons. The average Bonchev–Trinajstić information content (AvgIpc) is 2.35.